The lowest BCUT2D eigenvalue weighted by Crippen LogP contribution is -2.40. The minimum atomic E-state index is -0.174. The van der Waals surface area contributed by atoms with Gasteiger partial charge in [0.25, 0.3) is 0 Å². The fourth-order valence-electron chi connectivity index (χ4n) is 2.81. The van der Waals surface area contributed by atoms with E-state index >= 15 is 0 Å². The summed E-state index contributed by atoms with van der Waals surface area (Å²) >= 11 is 6.23. The highest BCUT2D eigenvalue weighted by molar-refractivity contribution is 6.31. The third kappa shape index (κ3) is 3.68. The van der Waals surface area contributed by atoms with Gasteiger partial charge in [0.1, 0.15) is 5.82 Å². The molecular formula is C15H22ClFN2. The molecule has 1 saturated heterocycles. The van der Waals surface area contributed by atoms with Gasteiger partial charge in [-0.15, -0.1) is 0 Å². The highest BCUT2D eigenvalue weighted by atomic mass is 35.5. The quantitative estimate of drug-likeness (QED) is 0.917. The van der Waals surface area contributed by atoms with Crippen molar-refractivity contribution in [1.29, 1.82) is 0 Å². The summed E-state index contributed by atoms with van der Waals surface area (Å²) in [5.41, 5.74) is 7.16. The number of nitrogens with two attached hydrogens (primary N) is 1. The number of piperidine rings is 1. The van der Waals surface area contributed by atoms with Crippen LogP contribution < -0.4 is 5.73 Å². The summed E-state index contributed by atoms with van der Waals surface area (Å²) in [5.74, 6) is -0.174. The molecule has 1 aliphatic rings. The molecule has 106 valence electrons. The Bertz CT molecular complexity index is 434. The normalized spacial score (nSPS) is 20.7. The molecule has 2 rings (SSSR count). The Kier molecular flexibility index (Phi) is 5.20. The standard InChI is InChI=1S/C15H22ClFN2/c1-11-8-14(16)12(9-15(11)17)10-19-7-3-2-4-13(19)5-6-18/h8-9,13H,2-7,10,18H2,1H3. The molecule has 0 bridgehead atoms. The van der Waals surface area contributed by atoms with Gasteiger partial charge in [0.05, 0.1) is 0 Å². The molecule has 2 nitrogen and oxygen atoms in total. The molecular weight excluding hydrogens is 263 g/mol. The van der Waals surface area contributed by atoms with Gasteiger partial charge in [-0.3, -0.25) is 4.90 Å². The van der Waals surface area contributed by atoms with Crippen molar-refractivity contribution in [3.8, 4) is 0 Å². The predicted octanol–water partition coefficient (Wildman–Crippen LogP) is 3.49. The van der Waals surface area contributed by atoms with Crippen LogP contribution in [-0.4, -0.2) is 24.0 Å². The van der Waals surface area contributed by atoms with Crippen LogP contribution in [0, 0.1) is 12.7 Å². The number of benzene rings is 1. The molecule has 0 aromatic heterocycles. The zero-order valence-corrected chi connectivity index (χ0v) is 12.2. The second kappa shape index (κ2) is 6.69. The van der Waals surface area contributed by atoms with Gasteiger partial charge in [-0.05, 0) is 62.5 Å². The van der Waals surface area contributed by atoms with E-state index in [1.165, 1.54) is 19.3 Å². The summed E-state index contributed by atoms with van der Waals surface area (Å²) in [6.07, 6.45) is 4.65. The number of hydrogen-bond donors (Lipinski definition) is 1. The average Bonchev–Trinajstić information content (AvgIpc) is 2.38. The zero-order chi connectivity index (χ0) is 13.8. The maximum absolute atomic E-state index is 13.7. The van der Waals surface area contributed by atoms with Gasteiger partial charge >= 0.3 is 0 Å². The molecule has 1 aromatic rings. The first-order chi connectivity index (χ1) is 9.11. The Morgan fingerprint density at radius 3 is 2.95 bits per heavy atom. The molecule has 1 aromatic carbocycles. The van der Waals surface area contributed by atoms with Crippen LogP contribution in [0.1, 0.15) is 36.8 Å². The molecule has 0 radical (unpaired) electrons. The first-order valence-electron chi connectivity index (χ1n) is 7.00. The Balaban J connectivity index is 2.12. The summed E-state index contributed by atoms with van der Waals surface area (Å²) in [5, 5.41) is 0.663. The smallest absolute Gasteiger partial charge is 0.126 e. The van der Waals surface area contributed by atoms with Crippen LogP contribution in [0.3, 0.4) is 0 Å². The van der Waals surface area contributed by atoms with Crippen LogP contribution in [-0.2, 0) is 6.54 Å². The maximum atomic E-state index is 13.7. The highest BCUT2D eigenvalue weighted by Gasteiger charge is 2.22. The SMILES string of the molecule is Cc1cc(Cl)c(CN2CCCCC2CCN)cc1F. The third-order valence-electron chi connectivity index (χ3n) is 3.95. The van der Waals surface area contributed by atoms with E-state index in [1.54, 1.807) is 19.1 Å². The zero-order valence-electron chi connectivity index (χ0n) is 11.5. The van der Waals surface area contributed by atoms with Gasteiger partial charge in [-0.25, -0.2) is 4.39 Å². The molecule has 19 heavy (non-hydrogen) atoms. The average molecular weight is 285 g/mol. The second-order valence-corrected chi connectivity index (χ2v) is 5.80. The number of nitrogens with zero attached hydrogens (tertiary/aromatic N) is 1. The molecule has 0 amide bonds. The molecule has 1 unspecified atom stereocenters. The molecule has 2 N–H and O–H groups in total. The Labute approximate surface area is 119 Å². The number of rotatable bonds is 4. The monoisotopic (exact) mass is 284 g/mol. The molecule has 1 heterocycles. The van der Waals surface area contributed by atoms with Gasteiger partial charge in [-0.2, -0.15) is 0 Å². The molecule has 1 aliphatic heterocycles. The van der Waals surface area contributed by atoms with Gasteiger partial charge in [0.15, 0.2) is 0 Å². The highest BCUT2D eigenvalue weighted by Crippen LogP contribution is 2.26. The third-order valence-corrected chi connectivity index (χ3v) is 4.30. The van der Waals surface area contributed by atoms with Crippen molar-refractivity contribution in [2.75, 3.05) is 13.1 Å². The van der Waals surface area contributed by atoms with Gasteiger partial charge in [0.2, 0.25) is 0 Å². The summed E-state index contributed by atoms with van der Waals surface area (Å²) in [6.45, 7) is 4.22. The summed E-state index contributed by atoms with van der Waals surface area (Å²) in [7, 11) is 0. The lowest BCUT2D eigenvalue weighted by molar-refractivity contribution is 0.134. The van der Waals surface area contributed by atoms with Gasteiger partial charge in [0, 0.05) is 17.6 Å². The van der Waals surface area contributed by atoms with Crippen LogP contribution in [0.25, 0.3) is 0 Å². The van der Waals surface area contributed by atoms with Crippen LogP contribution in [0.2, 0.25) is 5.02 Å². The van der Waals surface area contributed by atoms with Crippen LogP contribution in [0.15, 0.2) is 12.1 Å². The van der Waals surface area contributed by atoms with E-state index in [2.05, 4.69) is 4.90 Å². The van der Waals surface area contributed by atoms with E-state index < -0.39 is 0 Å². The van der Waals surface area contributed by atoms with Crippen molar-refractivity contribution in [3.63, 3.8) is 0 Å². The Morgan fingerprint density at radius 1 is 1.42 bits per heavy atom. The topological polar surface area (TPSA) is 29.3 Å². The Morgan fingerprint density at radius 2 is 2.21 bits per heavy atom. The fraction of sp³-hybridized carbons (Fsp3) is 0.600. The van der Waals surface area contributed by atoms with Crippen molar-refractivity contribution < 1.29 is 4.39 Å². The maximum Gasteiger partial charge on any atom is 0.126 e. The first kappa shape index (κ1) is 14.8. The summed E-state index contributed by atoms with van der Waals surface area (Å²) in [6, 6.07) is 3.80. The first-order valence-corrected chi connectivity index (χ1v) is 7.38. The lowest BCUT2D eigenvalue weighted by Gasteiger charge is -2.35. The molecule has 0 aliphatic carbocycles. The molecule has 0 saturated carbocycles. The van der Waals surface area contributed by atoms with Gasteiger partial charge < -0.3 is 5.73 Å². The van der Waals surface area contributed by atoms with Crippen molar-refractivity contribution in [2.45, 2.75) is 45.2 Å². The van der Waals surface area contributed by atoms with Crippen molar-refractivity contribution in [2.24, 2.45) is 5.73 Å². The van der Waals surface area contributed by atoms with Crippen LogP contribution in [0.4, 0.5) is 4.39 Å². The lowest BCUT2D eigenvalue weighted by atomic mass is 9.98. The fourth-order valence-corrected chi connectivity index (χ4v) is 3.09. The van der Waals surface area contributed by atoms with Crippen LogP contribution in [0.5, 0.6) is 0 Å². The van der Waals surface area contributed by atoms with E-state index in [4.69, 9.17) is 17.3 Å². The second-order valence-electron chi connectivity index (χ2n) is 5.39. The minimum Gasteiger partial charge on any atom is -0.330 e. The van der Waals surface area contributed by atoms with Crippen LogP contribution >= 0.6 is 11.6 Å². The number of aryl methyl sites for hydroxylation is 1. The van der Waals surface area contributed by atoms with Crippen molar-refractivity contribution in [3.05, 3.63) is 34.1 Å². The van der Waals surface area contributed by atoms with Gasteiger partial charge in [-0.1, -0.05) is 18.0 Å². The van der Waals surface area contributed by atoms with Crippen molar-refractivity contribution >= 4 is 11.6 Å². The van der Waals surface area contributed by atoms with E-state index in [9.17, 15) is 4.39 Å². The predicted molar refractivity (Wildman–Crippen MR) is 77.9 cm³/mol. The summed E-state index contributed by atoms with van der Waals surface area (Å²) < 4.78 is 13.7. The van der Waals surface area contributed by atoms with E-state index in [1.807, 2.05) is 0 Å². The molecule has 0 spiro atoms. The number of likely N-dealkylation sites (tertiary alicyclic amines) is 1. The van der Waals surface area contributed by atoms with E-state index in [0.717, 1.165) is 25.1 Å². The Hall–Kier alpha value is -0.640. The number of halogens is 2. The van der Waals surface area contributed by atoms with E-state index in [-0.39, 0.29) is 5.82 Å². The largest absolute Gasteiger partial charge is 0.330 e. The van der Waals surface area contributed by atoms with E-state index in [0.29, 0.717) is 23.2 Å². The van der Waals surface area contributed by atoms with Crippen molar-refractivity contribution in [1.82, 2.24) is 4.90 Å². The molecule has 1 atom stereocenters. The number of hydrogen-bond acceptors (Lipinski definition) is 2. The molecule has 4 heteroatoms. The molecule has 1 fully saturated rings. The minimum absolute atomic E-state index is 0.174. The summed E-state index contributed by atoms with van der Waals surface area (Å²) in [4.78, 5) is 2.40.